The summed E-state index contributed by atoms with van der Waals surface area (Å²) in [5, 5.41) is 11.1. The van der Waals surface area contributed by atoms with Crippen LogP contribution >= 0.6 is 0 Å². The second-order valence-corrected chi connectivity index (χ2v) is 6.19. The predicted molar refractivity (Wildman–Crippen MR) is 86.4 cm³/mol. The van der Waals surface area contributed by atoms with Crippen LogP contribution in [0.2, 0.25) is 0 Å². The summed E-state index contributed by atoms with van der Waals surface area (Å²) in [6.07, 6.45) is -0.751. The van der Waals surface area contributed by atoms with E-state index in [0.717, 1.165) is 4.90 Å². The first-order valence-electron chi connectivity index (χ1n) is 7.36. The highest BCUT2D eigenvalue weighted by molar-refractivity contribution is 5.81. The third kappa shape index (κ3) is 5.22. The monoisotopic (exact) mass is 338 g/mol. The van der Waals surface area contributed by atoms with E-state index in [0.29, 0.717) is 5.56 Å². The molecule has 0 aromatic heterocycles. The summed E-state index contributed by atoms with van der Waals surface area (Å²) >= 11 is 0. The predicted octanol–water partition coefficient (Wildman–Crippen LogP) is 2.89. The van der Waals surface area contributed by atoms with Crippen LogP contribution in [0.25, 0.3) is 0 Å². The van der Waals surface area contributed by atoms with Gasteiger partial charge in [-0.15, -0.1) is 0 Å². The molecule has 1 atom stereocenters. The summed E-state index contributed by atoms with van der Waals surface area (Å²) in [7, 11) is 1.21. The van der Waals surface area contributed by atoms with E-state index in [-0.39, 0.29) is 12.2 Å². The van der Waals surface area contributed by atoms with Crippen LogP contribution in [0.1, 0.15) is 33.3 Å². The molecule has 24 heavy (non-hydrogen) atoms. The summed E-state index contributed by atoms with van der Waals surface area (Å²) in [5.41, 5.74) is -0.611. The Kier molecular flexibility index (Phi) is 6.27. The van der Waals surface area contributed by atoms with Gasteiger partial charge in [0.25, 0.3) is 5.69 Å². The number of nitro benzene ring substituents is 1. The minimum absolute atomic E-state index is 0.136. The summed E-state index contributed by atoms with van der Waals surface area (Å²) < 4.78 is 9.96. The molecule has 8 nitrogen and oxygen atoms in total. The molecule has 0 unspecified atom stereocenters. The van der Waals surface area contributed by atoms with E-state index in [1.54, 1.807) is 26.8 Å². The van der Waals surface area contributed by atoms with Gasteiger partial charge in [-0.1, -0.05) is 18.2 Å². The third-order valence-corrected chi connectivity index (χ3v) is 3.17. The van der Waals surface area contributed by atoms with Crippen LogP contribution in [-0.2, 0) is 20.8 Å². The van der Waals surface area contributed by atoms with Crippen LogP contribution in [0.5, 0.6) is 0 Å². The van der Waals surface area contributed by atoms with Gasteiger partial charge in [0.2, 0.25) is 0 Å². The topological polar surface area (TPSA) is 99.0 Å². The molecule has 1 aromatic carbocycles. The van der Waals surface area contributed by atoms with E-state index in [4.69, 9.17) is 4.74 Å². The number of esters is 1. The van der Waals surface area contributed by atoms with Crippen molar-refractivity contribution in [3.63, 3.8) is 0 Å². The van der Waals surface area contributed by atoms with E-state index in [1.807, 2.05) is 0 Å². The zero-order valence-electron chi connectivity index (χ0n) is 14.4. The van der Waals surface area contributed by atoms with E-state index >= 15 is 0 Å². The molecule has 0 aliphatic rings. The Morgan fingerprint density at radius 2 is 1.88 bits per heavy atom. The van der Waals surface area contributed by atoms with Crippen LogP contribution in [0.15, 0.2) is 24.3 Å². The summed E-state index contributed by atoms with van der Waals surface area (Å²) in [6, 6.07) is 5.07. The second kappa shape index (κ2) is 7.76. The number of carbonyl (C=O) groups excluding carboxylic acids is 2. The molecule has 0 N–H and O–H groups in total. The smallest absolute Gasteiger partial charge is 0.411 e. The maximum Gasteiger partial charge on any atom is 0.411 e. The second-order valence-electron chi connectivity index (χ2n) is 6.19. The highest BCUT2D eigenvalue weighted by Gasteiger charge is 2.32. The average molecular weight is 338 g/mol. The Morgan fingerprint density at radius 1 is 1.29 bits per heavy atom. The van der Waals surface area contributed by atoms with Crippen molar-refractivity contribution in [3.8, 4) is 0 Å². The molecular weight excluding hydrogens is 316 g/mol. The number of nitro groups is 1. The Bertz CT molecular complexity index is 623. The summed E-state index contributed by atoms with van der Waals surface area (Å²) in [6.45, 7) is 6.40. The van der Waals surface area contributed by atoms with E-state index in [9.17, 15) is 19.7 Å². The summed E-state index contributed by atoms with van der Waals surface area (Å²) in [5.74, 6) is -0.639. The molecule has 0 aliphatic heterocycles. The van der Waals surface area contributed by atoms with Crippen molar-refractivity contribution in [2.24, 2.45) is 0 Å². The minimum Gasteiger partial charge on any atom is -0.467 e. The van der Waals surface area contributed by atoms with E-state index in [2.05, 4.69) is 4.74 Å². The van der Waals surface area contributed by atoms with Gasteiger partial charge in [-0.3, -0.25) is 15.0 Å². The van der Waals surface area contributed by atoms with Crippen LogP contribution < -0.4 is 0 Å². The van der Waals surface area contributed by atoms with Gasteiger partial charge in [0.05, 0.1) is 18.6 Å². The maximum absolute atomic E-state index is 12.4. The number of benzene rings is 1. The van der Waals surface area contributed by atoms with Crippen molar-refractivity contribution in [3.05, 3.63) is 39.9 Å². The molecule has 0 bridgehead atoms. The normalized spacial score (nSPS) is 12.2. The molecule has 1 amide bonds. The lowest BCUT2D eigenvalue weighted by atomic mass is 10.1. The Balaban J connectivity index is 3.17. The van der Waals surface area contributed by atoms with Gasteiger partial charge in [0, 0.05) is 11.6 Å². The van der Waals surface area contributed by atoms with Gasteiger partial charge >= 0.3 is 12.1 Å². The molecule has 1 aromatic rings. The highest BCUT2D eigenvalue weighted by atomic mass is 16.6. The molecule has 0 fully saturated rings. The molecule has 0 aliphatic carbocycles. The molecular formula is C16H22N2O6. The van der Waals surface area contributed by atoms with Gasteiger partial charge in [0.15, 0.2) is 0 Å². The SMILES string of the molecule is COC(=O)[C@H](C)N(Cc1ccccc1[N+](=O)[O-])C(=O)OC(C)(C)C. The Morgan fingerprint density at radius 3 is 2.38 bits per heavy atom. The fourth-order valence-corrected chi connectivity index (χ4v) is 1.98. The lowest BCUT2D eigenvalue weighted by molar-refractivity contribution is -0.385. The molecule has 1 rings (SSSR count). The first-order chi connectivity index (χ1) is 11.1. The van der Waals surface area contributed by atoms with E-state index < -0.39 is 28.6 Å². The molecule has 0 saturated carbocycles. The Hall–Kier alpha value is -2.64. The largest absolute Gasteiger partial charge is 0.467 e. The average Bonchev–Trinajstić information content (AvgIpc) is 2.49. The number of hydrogen-bond acceptors (Lipinski definition) is 6. The molecule has 8 heteroatoms. The van der Waals surface area contributed by atoms with Crippen molar-refractivity contribution in [1.29, 1.82) is 0 Å². The van der Waals surface area contributed by atoms with Crippen LogP contribution in [0.4, 0.5) is 10.5 Å². The number of methoxy groups -OCH3 is 1. The first-order valence-corrected chi connectivity index (χ1v) is 7.36. The number of rotatable bonds is 5. The van der Waals surface area contributed by atoms with Gasteiger partial charge in [-0.2, -0.15) is 0 Å². The molecule has 132 valence electrons. The first kappa shape index (κ1) is 19.4. The van der Waals surface area contributed by atoms with Crippen LogP contribution in [0.3, 0.4) is 0 Å². The number of para-hydroxylation sites is 1. The lowest BCUT2D eigenvalue weighted by Gasteiger charge is -2.30. The number of amides is 1. The van der Waals surface area contributed by atoms with Crippen molar-refractivity contribution in [2.45, 2.75) is 45.9 Å². The molecule has 0 spiro atoms. The molecule has 0 heterocycles. The van der Waals surface area contributed by atoms with Crippen molar-refractivity contribution in [1.82, 2.24) is 4.90 Å². The van der Waals surface area contributed by atoms with Gasteiger partial charge in [0.1, 0.15) is 11.6 Å². The van der Waals surface area contributed by atoms with E-state index in [1.165, 1.54) is 32.2 Å². The zero-order valence-corrected chi connectivity index (χ0v) is 14.4. The minimum atomic E-state index is -0.954. The summed E-state index contributed by atoms with van der Waals surface area (Å²) in [4.78, 5) is 36.0. The fraction of sp³-hybridized carbons (Fsp3) is 0.500. The van der Waals surface area contributed by atoms with Gasteiger partial charge in [-0.05, 0) is 27.7 Å². The van der Waals surface area contributed by atoms with Crippen LogP contribution in [-0.4, -0.2) is 40.6 Å². The number of ether oxygens (including phenoxy) is 2. The fourth-order valence-electron chi connectivity index (χ4n) is 1.98. The quantitative estimate of drug-likeness (QED) is 0.465. The highest BCUT2D eigenvalue weighted by Crippen LogP contribution is 2.22. The van der Waals surface area contributed by atoms with Crippen molar-refractivity contribution in [2.75, 3.05) is 7.11 Å². The van der Waals surface area contributed by atoms with Crippen LogP contribution in [0, 0.1) is 10.1 Å². The molecule has 0 saturated heterocycles. The van der Waals surface area contributed by atoms with Gasteiger partial charge in [-0.25, -0.2) is 9.59 Å². The van der Waals surface area contributed by atoms with Crippen molar-refractivity contribution < 1.29 is 24.0 Å². The van der Waals surface area contributed by atoms with Gasteiger partial charge < -0.3 is 9.47 Å². The number of nitrogens with zero attached hydrogens (tertiary/aromatic N) is 2. The lowest BCUT2D eigenvalue weighted by Crippen LogP contribution is -2.45. The third-order valence-electron chi connectivity index (χ3n) is 3.17. The molecule has 0 radical (unpaired) electrons. The maximum atomic E-state index is 12.4. The number of carbonyl (C=O) groups is 2. The number of hydrogen-bond donors (Lipinski definition) is 0. The zero-order chi connectivity index (χ0) is 18.5. The Labute approximate surface area is 140 Å². The standard InChI is InChI=1S/C16H22N2O6/c1-11(14(19)23-5)17(15(20)24-16(2,3)4)10-12-8-6-7-9-13(12)18(21)22/h6-9,11H,10H2,1-5H3/t11-/m0/s1. The van der Waals surface area contributed by atoms with Crippen molar-refractivity contribution >= 4 is 17.7 Å².